The molecule has 3 heterocycles. The first-order chi connectivity index (χ1) is 9.57. The van der Waals surface area contributed by atoms with Crippen molar-refractivity contribution in [3.8, 4) is 0 Å². The molecule has 0 radical (unpaired) electrons. The van der Waals surface area contributed by atoms with Gasteiger partial charge >= 0.3 is 0 Å². The van der Waals surface area contributed by atoms with Gasteiger partial charge in [-0.2, -0.15) is 0 Å². The number of hydrogen-bond donors (Lipinski definition) is 1. The third-order valence-corrected chi connectivity index (χ3v) is 4.47. The molecular weight excluding hydrogens is 250 g/mol. The number of fused-ring (bicyclic) bond motifs is 2. The second-order valence-electron chi connectivity index (χ2n) is 6.16. The Kier molecular flexibility index (Phi) is 2.34. The van der Waals surface area contributed by atoms with E-state index in [-0.39, 0.29) is 5.54 Å². The summed E-state index contributed by atoms with van der Waals surface area (Å²) < 4.78 is 11.9. The van der Waals surface area contributed by atoms with Crippen LogP contribution in [0.15, 0.2) is 27.0 Å². The van der Waals surface area contributed by atoms with Crippen molar-refractivity contribution in [3.05, 3.63) is 35.3 Å². The second-order valence-corrected chi connectivity index (χ2v) is 6.16. The molecule has 104 valence electrons. The molecule has 1 fully saturated rings. The second kappa shape index (κ2) is 3.89. The zero-order valence-electron chi connectivity index (χ0n) is 12.2. The number of benzene rings is 1. The molecule has 1 aromatic carbocycles. The summed E-state index contributed by atoms with van der Waals surface area (Å²) in [5.41, 5.74) is 3.19. The van der Waals surface area contributed by atoms with Gasteiger partial charge in [0.1, 0.15) is 22.7 Å². The summed E-state index contributed by atoms with van der Waals surface area (Å²) >= 11 is 0. The molecule has 0 amide bonds. The van der Waals surface area contributed by atoms with Crippen LogP contribution in [0.1, 0.15) is 36.8 Å². The van der Waals surface area contributed by atoms with Crippen LogP contribution in [0.3, 0.4) is 0 Å². The van der Waals surface area contributed by atoms with Crippen LogP contribution in [-0.2, 0) is 5.54 Å². The van der Waals surface area contributed by atoms with Gasteiger partial charge in [0.2, 0.25) is 0 Å². The van der Waals surface area contributed by atoms with Gasteiger partial charge in [-0.05, 0) is 58.4 Å². The highest BCUT2D eigenvalue weighted by Gasteiger charge is 2.35. The molecule has 3 heteroatoms. The molecule has 0 spiro atoms. The molecule has 4 rings (SSSR count). The van der Waals surface area contributed by atoms with Crippen molar-refractivity contribution in [1.82, 2.24) is 5.32 Å². The standard InChI is InChI=1S/C17H19NO2/c1-10-7-12-9-14-13(8-11(2)19-14)15(16(12)20-10)17(3)5-4-6-18-17/h7-9,18H,4-6H2,1-3H3. The Morgan fingerprint density at radius 3 is 2.65 bits per heavy atom. The zero-order valence-corrected chi connectivity index (χ0v) is 12.2. The van der Waals surface area contributed by atoms with Crippen LogP contribution in [0.25, 0.3) is 21.9 Å². The molecular formula is C17H19NO2. The smallest absolute Gasteiger partial charge is 0.140 e. The van der Waals surface area contributed by atoms with Crippen molar-refractivity contribution in [3.63, 3.8) is 0 Å². The van der Waals surface area contributed by atoms with Gasteiger partial charge in [0.25, 0.3) is 0 Å². The molecule has 1 saturated heterocycles. The predicted octanol–water partition coefficient (Wildman–Crippen LogP) is 4.39. The van der Waals surface area contributed by atoms with Gasteiger partial charge in [-0.25, -0.2) is 0 Å². The zero-order chi connectivity index (χ0) is 13.9. The van der Waals surface area contributed by atoms with Crippen LogP contribution in [0.5, 0.6) is 0 Å². The van der Waals surface area contributed by atoms with Crippen LogP contribution in [-0.4, -0.2) is 6.54 Å². The highest BCUT2D eigenvalue weighted by Crippen LogP contribution is 2.42. The molecule has 1 N–H and O–H groups in total. The van der Waals surface area contributed by atoms with E-state index in [4.69, 9.17) is 8.83 Å². The predicted molar refractivity (Wildman–Crippen MR) is 80.0 cm³/mol. The Morgan fingerprint density at radius 1 is 1.10 bits per heavy atom. The van der Waals surface area contributed by atoms with E-state index in [1.807, 2.05) is 13.8 Å². The van der Waals surface area contributed by atoms with Gasteiger partial charge < -0.3 is 14.2 Å². The van der Waals surface area contributed by atoms with E-state index in [9.17, 15) is 0 Å². The molecule has 0 aliphatic carbocycles. The summed E-state index contributed by atoms with van der Waals surface area (Å²) in [6, 6.07) is 6.32. The first-order valence-corrected chi connectivity index (χ1v) is 7.26. The van der Waals surface area contributed by atoms with Gasteiger partial charge in [0.15, 0.2) is 0 Å². The molecule has 1 aliphatic heterocycles. The van der Waals surface area contributed by atoms with E-state index in [1.165, 1.54) is 17.4 Å². The van der Waals surface area contributed by atoms with Crippen molar-refractivity contribution >= 4 is 21.9 Å². The normalized spacial score (nSPS) is 23.1. The maximum absolute atomic E-state index is 6.01. The summed E-state index contributed by atoms with van der Waals surface area (Å²) in [5, 5.41) is 5.97. The Morgan fingerprint density at radius 2 is 1.90 bits per heavy atom. The molecule has 20 heavy (non-hydrogen) atoms. The first-order valence-electron chi connectivity index (χ1n) is 7.26. The summed E-state index contributed by atoms with van der Waals surface area (Å²) in [7, 11) is 0. The summed E-state index contributed by atoms with van der Waals surface area (Å²) in [4.78, 5) is 0. The van der Waals surface area contributed by atoms with Gasteiger partial charge in [-0.3, -0.25) is 0 Å². The lowest BCUT2D eigenvalue weighted by molar-refractivity contribution is 0.433. The number of hydrogen-bond acceptors (Lipinski definition) is 3. The minimum Gasteiger partial charge on any atom is -0.461 e. The first kappa shape index (κ1) is 12.0. The van der Waals surface area contributed by atoms with Crippen molar-refractivity contribution in [2.75, 3.05) is 6.54 Å². The quantitative estimate of drug-likeness (QED) is 0.711. The monoisotopic (exact) mass is 269 g/mol. The van der Waals surface area contributed by atoms with E-state index in [0.717, 1.165) is 41.0 Å². The van der Waals surface area contributed by atoms with E-state index < -0.39 is 0 Å². The summed E-state index contributed by atoms with van der Waals surface area (Å²) in [5.74, 6) is 1.90. The van der Waals surface area contributed by atoms with Crippen LogP contribution < -0.4 is 5.32 Å². The van der Waals surface area contributed by atoms with Gasteiger partial charge in [-0.1, -0.05) is 0 Å². The Balaban J connectivity index is 2.15. The Hall–Kier alpha value is -1.74. The van der Waals surface area contributed by atoms with Crippen molar-refractivity contribution in [1.29, 1.82) is 0 Å². The largest absolute Gasteiger partial charge is 0.461 e. The van der Waals surface area contributed by atoms with Crippen molar-refractivity contribution < 1.29 is 8.83 Å². The van der Waals surface area contributed by atoms with Crippen molar-refractivity contribution in [2.45, 2.75) is 39.2 Å². The van der Waals surface area contributed by atoms with E-state index in [2.05, 4.69) is 30.4 Å². The average Bonchev–Trinajstić information content (AvgIpc) is 3.03. The highest BCUT2D eigenvalue weighted by atomic mass is 16.3. The number of nitrogens with one attached hydrogen (secondary N) is 1. The maximum atomic E-state index is 6.01. The van der Waals surface area contributed by atoms with E-state index >= 15 is 0 Å². The fourth-order valence-electron chi connectivity index (χ4n) is 3.59. The molecule has 0 saturated carbocycles. The minimum absolute atomic E-state index is 0.0294. The fraction of sp³-hybridized carbons (Fsp3) is 0.412. The van der Waals surface area contributed by atoms with Crippen LogP contribution >= 0.6 is 0 Å². The third kappa shape index (κ3) is 1.56. The molecule has 3 aromatic rings. The lowest BCUT2D eigenvalue weighted by atomic mass is 9.87. The molecule has 1 aliphatic rings. The molecule has 3 nitrogen and oxygen atoms in total. The topological polar surface area (TPSA) is 38.3 Å². The van der Waals surface area contributed by atoms with Crippen LogP contribution in [0.2, 0.25) is 0 Å². The molecule has 2 aromatic heterocycles. The Labute approximate surface area is 117 Å². The number of aryl methyl sites for hydroxylation is 2. The highest BCUT2D eigenvalue weighted by molar-refractivity contribution is 5.99. The summed E-state index contributed by atoms with van der Waals surface area (Å²) in [6.45, 7) is 7.34. The van der Waals surface area contributed by atoms with E-state index in [0.29, 0.717) is 0 Å². The third-order valence-electron chi connectivity index (χ3n) is 4.47. The average molecular weight is 269 g/mol. The Bertz CT molecular complexity index is 748. The molecule has 1 unspecified atom stereocenters. The maximum Gasteiger partial charge on any atom is 0.140 e. The van der Waals surface area contributed by atoms with E-state index in [1.54, 1.807) is 0 Å². The molecule has 0 bridgehead atoms. The fourth-order valence-corrected chi connectivity index (χ4v) is 3.59. The lowest BCUT2D eigenvalue weighted by Crippen LogP contribution is -2.33. The number of rotatable bonds is 1. The SMILES string of the molecule is Cc1cc2c(C3(C)CCCN3)c3oc(C)cc3cc2o1. The summed E-state index contributed by atoms with van der Waals surface area (Å²) in [6.07, 6.45) is 2.33. The van der Waals surface area contributed by atoms with Gasteiger partial charge in [-0.15, -0.1) is 0 Å². The van der Waals surface area contributed by atoms with Gasteiger partial charge in [0, 0.05) is 21.9 Å². The van der Waals surface area contributed by atoms with Crippen molar-refractivity contribution in [2.24, 2.45) is 0 Å². The minimum atomic E-state index is -0.0294. The van der Waals surface area contributed by atoms with Crippen LogP contribution in [0, 0.1) is 13.8 Å². The van der Waals surface area contributed by atoms with Gasteiger partial charge in [0.05, 0.1) is 0 Å². The molecule has 1 atom stereocenters. The number of furan rings is 2. The lowest BCUT2D eigenvalue weighted by Gasteiger charge is -2.25. The van der Waals surface area contributed by atoms with Crippen LogP contribution in [0.4, 0.5) is 0 Å².